The molecule has 1 aromatic carbocycles. The Labute approximate surface area is 117 Å². The van der Waals surface area contributed by atoms with Gasteiger partial charge in [0.2, 0.25) is 5.88 Å². The first kappa shape index (κ1) is 13.4. The lowest BCUT2D eigenvalue weighted by atomic mass is 10.1. The van der Waals surface area contributed by atoms with Crippen LogP contribution in [0.25, 0.3) is 0 Å². The summed E-state index contributed by atoms with van der Waals surface area (Å²) in [4.78, 5) is 0. The van der Waals surface area contributed by atoms with Crippen molar-refractivity contribution in [1.29, 1.82) is 5.26 Å². The average molecular weight is 276 g/mol. The Balaban J connectivity index is 2.44. The number of benzene rings is 1. The van der Waals surface area contributed by atoms with Crippen molar-refractivity contribution in [2.45, 2.75) is 19.7 Å². The number of ether oxygens (including phenoxy) is 1. The van der Waals surface area contributed by atoms with Gasteiger partial charge < -0.3 is 4.74 Å². The van der Waals surface area contributed by atoms with Crippen LogP contribution in [0.15, 0.2) is 18.2 Å². The molecule has 0 bridgehead atoms. The van der Waals surface area contributed by atoms with Crippen LogP contribution >= 0.6 is 11.6 Å². The Bertz CT molecular complexity index is 655. The fourth-order valence-electron chi connectivity index (χ4n) is 1.85. The molecule has 1 heterocycles. The van der Waals surface area contributed by atoms with Crippen molar-refractivity contribution in [3.63, 3.8) is 0 Å². The van der Waals surface area contributed by atoms with Crippen molar-refractivity contribution in [1.82, 2.24) is 9.78 Å². The summed E-state index contributed by atoms with van der Waals surface area (Å²) >= 11 is 5.93. The summed E-state index contributed by atoms with van der Waals surface area (Å²) in [6, 6.07) is 7.44. The number of hydrogen-bond acceptors (Lipinski definition) is 3. The zero-order valence-corrected chi connectivity index (χ0v) is 11.8. The van der Waals surface area contributed by atoms with E-state index in [1.54, 1.807) is 16.8 Å². The molecule has 0 spiro atoms. The smallest absolute Gasteiger partial charge is 0.222 e. The molecule has 0 fully saturated rings. The quantitative estimate of drug-likeness (QED) is 0.806. The van der Waals surface area contributed by atoms with Crippen LogP contribution in [0.2, 0.25) is 0 Å². The summed E-state index contributed by atoms with van der Waals surface area (Å²) in [6.45, 7) is 3.82. The minimum absolute atomic E-state index is 0.339. The van der Waals surface area contributed by atoms with E-state index in [0.717, 1.165) is 16.8 Å². The fourth-order valence-corrected chi connectivity index (χ4v) is 2.15. The van der Waals surface area contributed by atoms with Gasteiger partial charge in [0, 0.05) is 7.05 Å². The zero-order valence-electron chi connectivity index (χ0n) is 11.1. The van der Waals surface area contributed by atoms with Crippen LogP contribution in [-0.2, 0) is 12.9 Å². The predicted molar refractivity (Wildman–Crippen MR) is 73.5 cm³/mol. The third-order valence-corrected chi connectivity index (χ3v) is 3.21. The highest BCUT2D eigenvalue weighted by Gasteiger charge is 2.15. The lowest BCUT2D eigenvalue weighted by molar-refractivity contribution is 0.424. The van der Waals surface area contributed by atoms with E-state index < -0.39 is 0 Å². The van der Waals surface area contributed by atoms with E-state index in [1.165, 1.54) is 0 Å². The van der Waals surface area contributed by atoms with Crippen LogP contribution in [0, 0.1) is 25.2 Å². The number of aryl methyl sites for hydroxylation is 3. The molecule has 0 saturated carbocycles. The van der Waals surface area contributed by atoms with E-state index in [-0.39, 0.29) is 0 Å². The maximum atomic E-state index is 8.93. The Morgan fingerprint density at radius 3 is 2.79 bits per heavy atom. The summed E-state index contributed by atoms with van der Waals surface area (Å²) in [5.41, 5.74) is 3.23. The third kappa shape index (κ3) is 2.56. The zero-order chi connectivity index (χ0) is 14.0. The number of hydrogen-bond donors (Lipinski definition) is 0. The highest BCUT2D eigenvalue weighted by atomic mass is 35.5. The second-order valence-corrected chi connectivity index (χ2v) is 4.59. The van der Waals surface area contributed by atoms with Crippen molar-refractivity contribution >= 4 is 11.6 Å². The van der Waals surface area contributed by atoms with Crippen molar-refractivity contribution in [3.8, 4) is 17.7 Å². The van der Waals surface area contributed by atoms with E-state index in [1.807, 2.05) is 27.0 Å². The predicted octanol–water partition coefficient (Wildman–Crippen LogP) is 3.44. The normalized spacial score (nSPS) is 10.3. The van der Waals surface area contributed by atoms with Crippen LogP contribution in [0.3, 0.4) is 0 Å². The molecular formula is C14H14ClN3O. The molecule has 19 heavy (non-hydrogen) atoms. The Hall–Kier alpha value is -1.99. The highest BCUT2D eigenvalue weighted by Crippen LogP contribution is 2.30. The van der Waals surface area contributed by atoms with E-state index in [9.17, 15) is 0 Å². The maximum absolute atomic E-state index is 8.93. The summed E-state index contributed by atoms with van der Waals surface area (Å²) < 4.78 is 7.55. The number of rotatable bonds is 3. The number of aromatic nitrogens is 2. The largest absolute Gasteiger partial charge is 0.439 e. The van der Waals surface area contributed by atoms with Crippen molar-refractivity contribution in [2.24, 2.45) is 7.05 Å². The molecule has 5 heteroatoms. The topological polar surface area (TPSA) is 50.8 Å². The Kier molecular flexibility index (Phi) is 3.77. The first-order valence-electron chi connectivity index (χ1n) is 5.84. The number of halogens is 1. The van der Waals surface area contributed by atoms with Gasteiger partial charge >= 0.3 is 0 Å². The van der Waals surface area contributed by atoms with E-state index in [4.69, 9.17) is 21.6 Å². The highest BCUT2D eigenvalue weighted by molar-refractivity contribution is 6.17. The van der Waals surface area contributed by atoms with Gasteiger partial charge in [-0.05, 0) is 31.5 Å². The minimum atomic E-state index is 0.339. The van der Waals surface area contributed by atoms with Crippen LogP contribution in [0.4, 0.5) is 0 Å². The summed E-state index contributed by atoms with van der Waals surface area (Å²) in [5, 5.41) is 13.2. The second kappa shape index (κ2) is 5.33. The first-order valence-corrected chi connectivity index (χ1v) is 6.37. The Morgan fingerprint density at radius 2 is 2.16 bits per heavy atom. The number of nitriles is 1. The summed E-state index contributed by atoms with van der Waals surface area (Å²) in [7, 11) is 1.81. The minimum Gasteiger partial charge on any atom is -0.439 e. The van der Waals surface area contributed by atoms with Crippen molar-refractivity contribution < 1.29 is 4.74 Å². The van der Waals surface area contributed by atoms with Gasteiger partial charge in [0.05, 0.1) is 28.8 Å². The van der Waals surface area contributed by atoms with Gasteiger partial charge in [-0.3, -0.25) is 0 Å². The van der Waals surface area contributed by atoms with E-state index in [0.29, 0.717) is 23.1 Å². The van der Waals surface area contributed by atoms with Crippen LogP contribution in [-0.4, -0.2) is 9.78 Å². The van der Waals surface area contributed by atoms with Gasteiger partial charge in [-0.15, -0.1) is 11.6 Å². The molecule has 1 aromatic heterocycles. The van der Waals surface area contributed by atoms with Gasteiger partial charge in [0.1, 0.15) is 5.75 Å². The molecular weight excluding hydrogens is 262 g/mol. The summed E-state index contributed by atoms with van der Waals surface area (Å²) in [6.07, 6.45) is 0. The number of alkyl halides is 1. The lowest BCUT2D eigenvalue weighted by Crippen LogP contribution is -1.98. The molecule has 0 aliphatic carbocycles. The second-order valence-electron chi connectivity index (χ2n) is 4.32. The molecule has 0 unspecified atom stereocenters. The van der Waals surface area contributed by atoms with E-state index in [2.05, 4.69) is 11.2 Å². The molecule has 98 valence electrons. The van der Waals surface area contributed by atoms with Crippen LogP contribution in [0.1, 0.15) is 22.4 Å². The molecule has 0 amide bonds. The fraction of sp³-hybridized carbons (Fsp3) is 0.286. The average Bonchev–Trinajstić information content (AvgIpc) is 2.66. The van der Waals surface area contributed by atoms with Gasteiger partial charge in [-0.1, -0.05) is 6.07 Å². The number of nitrogens with zero attached hydrogens (tertiary/aromatic N) is 3. The van der Waals surface area contributed by atoms with Gasteiger partial charge in [0.15, 0.2) is 0 Å². The third-order valence-electron chi connectivity index (χ3n) is 2.95. The van der Waals surface area contributed by atoms with E-state index >= 15 is 0 Å². The molecule has 0 radical (unpaired) electrons. The van der Waals surface area contributed by atoms with Gasteiger partial charge in [-0.2, -0.15) is 10.4 Å². The van der Waals surface area contributed by atoms with Crippen LogP contribution < -0.4 is 4.74 Å². The van der Waals surface area contributed by atoms with Crippen LogP contribution in [0.5, 0.6) is 11.6 Å². The molecule has 4 nitrogen and oxygen atoms in total. The molecule has 0 atom stereocenters. The SMILES string of the molecule is Cc1ccc(C#N)cc1Oc1c(CCl)c(C)nn1C. The standard InChI is InChI=1S/C14H14ClN3O/c1-9-4-5-11(8-16)6-13(9)19-14-12(7-15)10(2)17-18(14)3/h4-6H,7H2,1-3H3. The first-order chi connectivity index (χ1) is 9.06. The lowest BCUT2D eigenvalue weighted by Gasteiger charge is -2.10. The molecule has 0 N–H and O–H groups in total. The van der Waals surface area contributed by atoms with Gasteiger partial charge in [0.25, 0.3) is 0 Å². The monoisotopic (exact) mass is 275 g/mol. The molecule has 0 aliphatic rings. The molecule has 0 aliphatic heterocycles. The van der Waals surface area contributed by atoms with Crippen molar-refractivity contribution in [3.05, 3.63) is 40.6 Å². The Morgan fingerprint density at radius 1 is 1.42 bits per heavy atom. The maximum Gasteiger partial charge on any atom is 0.222 e. The van der Waals surface area contributed by atoms with Crippen molar-refractivity contribution in [2.75, 3.05) is 0 Å². The molecule has 2 aromatic rings. The summed E-state index contributed by atoms with van der Waals surface area (Å²) in [5.74, 6) is 1.60. The molecule has 0 saturated heterocycles. The van der Waals surface area contributed by atoms with Gasteiger partial charge in [-0.25, -0.2) is 4.68 Å². The molecule has 2 rings (SSSR count).